The van der Waals surface area contributed by atoms with Crippen molar-refractivity contribution in [1.29, 1.82) is 0 Å². The number of alkyl carbamates (subject to hydrolysis) is 1. The lowest BCUT2D eigenvalue weighted by molar-refractivity contribution is -0.475. The van der Waals surface area contributed by atoms with Crippen LogP contribution in [0.4, 0.5) is 48.7 Å². The summed E-state index contributed by atoms with van der Waals surface area (Å²) in [6.45, 7) is 3.20. The van der Waals surface area contributed by atoms with Crippen molar-refractivity contribution in [3.05, 3.63) is 12.7 Å². The maximum Gasteiger partial charge on any atom is 0.457 e. The zero-order valence-electron chi connectivity index (χ0n) is 23.6. The van der Waals surface area contributed by atoms with Gasteiger partial charge in [0.2, 0.25) is 0 Å². The van der Waals surface area contributed by atoms with E-state index in [0.717, 1.165) is 6.08 Å². The summed E-state index contributed by atoms with van der Waals surface area (Å²) < 4.78 is 156. The molecule has 9 nitrogen and oxygen atoms in total. The average Bonchev–Trinajstić information content (AvgIpc) is 2.94. The first-order chi connectivity index (χ1) is 20.0. The number of carbonyl (C=O) groups is 3. The third-order valence-electron chi connectivity index (χ3n) is 7.18. The highest BCUT2D eigenvalue weighted by Gasteiger charge is 2.80. The molecule has 2 N–H and O–H groups in total. The molecule has 0 heterocycles. The first-order valence-corrected chi connectivity index (χ1v) is 13.2. The first-order valence-electron chi connectivity index (χ1n) is 13.2. The van der Waals surface area contributed by atoms with Crippen LogP contribution < -0.4 is 5.32 Å². The van der Waals surface area contributed by atoms with Gasteiger partial charge in [0.05, 0.1) is 19.8 Å². The number of alkyl halides is 10. The first kappa shape index (κ1) is 39.2. The van der Waals surface area contributed by atoms with Crippen LogP contribution in [0.25, 0.3) is 0 Å². The molecular formula is C25H33F10NO8. The summed E-state index contributed by atoms with van der Waals surface area (Å²) in [4.78, 5) is 35.2. The maximum absolute atomic E-state index is 15.8. The summed E-state index contributed by atoms with van der Waals surface area (Å²) in [5, 5.41) is 11.1. The van der Waals surface area contributed by atoms with E-state index >= 15 is 4.39 Å². The van der Waals surface area contributed by atoms with Crippen LogP contribution in [0.15, 0.2) is 12.7 Å². The van der Waals surface area contributed by atoms with Crippen LogP contribution in [0.5, 0.6) is 0 Å². The molecule has 0 radical (unpaired) electrons. The van der Waals surface area contributed by atoms with Gasteiger partial charge in [-0.05, 0) is 50.4 Å². The fourth-order valence-corrected chi connectivity index (χ4v) is 4.46. The molecule has 1 rings (SSSR count). The van der Waals surface area contributed by atoms with Gasteiger partial charge < -0.3 is 29.4 Å². The third-order valence-corrected chi connectivity index (χ3v) is 7.18. The molecule has 19 heteroatoms. The van der Waals surface area contributed by atoms with Crippen LogP contribution in [0.1, 0.15) is 52.4 Å². The standard InChI is InChI=1S/C25H33F10NO8/c1-4-17(37)41-12-11-36-19(39)43-14-16-9-7-15(8-10-16)13-42-18(38)21(26,23(28,29)30)20(5-2,6-3)44-25(34,35)22(27,40)24(31,32)33/h4,15-16,40H,1,5-14H2,2-3H3,(H,36,39). The van der Waals surface area contributed by atoms with Gasteiger partial charge in [0.25, 0.3) is 0 Å². The van der Waals surface area contributed by atoms with E-state index in [1.807, 2.05) is 0 Å². The predicted molar refractivity (Wildman–Crippen MR) is 128 cm³/mol. The van der Waals surface area contributed by atoms with Gasteiger partial charge in [-0.15, -0.1) is 0 Å². The van der Waals surface area contributed by atoms with Crippen LogP contribution in [0.3, 0.4) is 0 Å². The lowest BCUT2D eigenvalue weighted by Gasteiger charge is -2.45. The molecular weight excluding hydrogens is 632 g/mol. The van der Waals surface area contributed by atoms with Crippen molar-refractivity contribution in [2.24, 2.45) is 11.8 Å². The van der Waals surface area contributed by atoms with Crippen molar-refractivity contribution in [2.75, 3.05) is 26.4 Å². The zero-order chi connectivity index (χ0) is 34.2. The van der Waals surface area contributed by atoms with Crippen LogP contribution in [0.2, 0.25) is 0 Å². The quantitative estimate of drug-likeness (QED) is 0.0780. The molecule has 2 atom stereocenters. The van der Waals surface area contributed by atoms with E-state index in [9.17, 15) is 53.9 Å². The Bertz CT molecular complexity index is 992. The van der Waals surface area contributed by atoms with Gasteiger partial charge in [-0.2, -0.15) is 39.5 Å². The van der Waals surface area contributed by atoms with E-state index in [2.05, 4.69) is 26.1 Å². The number of hydrogen-bond donors (Lipinski definition) is 2. The summed E-state index contributed by atoms with van der Waals surface area (Å²) in [7, 11) is 0. The zero-order valence-corrected chi connectivity index (χ0v) is 23.6. The second-order valence-electron chi connectivity index (χ2n) is 9.98. The van der Waals surface area contributed by atoms with Crippen molar-refractivity contribution in [2.45, 2.75) is 88.0 Å². The molecule has 2 unspecified atom stereocenters. The van der Waals surface area contributed by atoms with Crippen LogP contribution in [-0.2, 0) is 28.5 Å². The minimum Gasteiger partial charge on any atom is -0.463 e. The Balaban J connectivity index is 2.88. The number of carbonyl (C=O) groups excluding carboxylic acids is 3. The van der Waals surface area contributed by atoms with Crippen LogP contribution in [0, 0.1) is 11.8 Å². The SMILES string of the molecule is C=CC(=O)OCCNC(=O)OCC1CCC(COC(=O)C(F)(C(F)(F)F)C(CC)(CC)OC(F)(F)C(O)(F)C(F)(F)F)CC1. The summed E-state index contributed by atoms with van der Waals surface area (Å²) in [6, 6.07) is 0. The predicted octanol–water partition coefficient (Wildman–Crippen LogP) is 5.45. The normalized spacial score (nSPS) is 20.9. The number of aliphatic hydroxyl groups is 1. The smallest absolute Gasteiger partial charge is 0.457 e. The Morgan fingerprint density at radius 3 is 1.70 bits per heavy atom. The molecule has 1 aliphatic rings. The lowest BCUT2D eigenvalue weighted by atomic mass is 9.78. The molecule has 44 heavy (non-hydrogen) atoms. The summed E-state index contributed by atoms with van der Waals surface area (Å²) in [5.74, 6) is -10.9. The molecule has 0 aliphatic heterocycles. The molecule has 0 bridgehead atoms. The molecule has 256 valence electrons. The van der Waals surface area contributed by atoms with Gasteiger partial charge in [0.15, 0.2) is 0 Å². The van der Waals surface area contributed by atoms with E-state index in [0.29, 0.717) is 26.7 Å². The highest BCUT2D eigenvalue weighted by Crippen LogP contribution is 2.54. The summed E-state index contributed by atoms with van der Waals surface area (Å²) in [6.07, 6.45) is -21.7. The number of rotatable bonds is 15. The molecule has 0 spiro atoms. The molecule has 0 aromatic heterocycles. The van der Waals surface area contributed by atoms with E-state index < -0.39 is 79.0 Å². The largest absolute Gasteiger partial charge is 0.463 e. The van der Waals surface area contributed by atoms with E-state index in [1.165, 1.54) is 0 Å². The monoisotopic (exact) mass is 665 g/mol. The number of esters is 2. The number of amides is 1. The van der Waals surface area contributed by atoms with Crippen molar-refractivity contribution < 1.29 is 82.3 Å². The van der Waals surface area contributed by atoms with Gasteiger partial charge in [-0.3, -0.25) is 0 Å². The Morgan fingerprint density at radius 1 is 0.818 bits per heavy atom. The van der Waals surface area contributed by atoms with Gasteiger partial charge in [-0.25, -0.2) is 18.8 Å². The topological polar surface area (TPSA) is 120 Å². The van der Waals surface area contributed by atoms with Crippen molar-refractivity contribution in [3.8, 4) is 0 Å². The summed E-state index contributed by atoms with van der Waals surface area (Å²) >= 11 is 0. The number of nitrogens with one attached hydrogen (secondary N) is 1. The number of hydrogen-bond acceptors (Lipinski definition) is 8. The molecule has 0 aromatic carbocycles. The second-order valence-corrected chi connectivity index (χ2v) is 9.98. The minimum absolute atomic E-state index is 0.0540. The van der Waals surface area contributed by atoms with Crippen molar-refractivity contribution >= 4 is 18.0 Å². The van der Waals surface area contributed by atoms with Crippen LogP contribution in [-0.4, -0.2) is 85.1 Å². The van der Waals surface area contributed by atoms with Gasteiger partial charge >= 0.3 is 48.0 Å². The van der Waals surface area contributed by atoms with Gasteiger partial charge in [-0.1, -0.05) is 20.4 Å². The highest BCUT2D eigenvalue weighted by atomic mass is 19.4. The fraction of sp³-hybridized carbons (Fsp3) is 0.800. The fourth-order valence-electron chi connectivity index (χ4n) is 4.46. The molecule has 1 amide bonds. The number of ether oxygens (including phenoxy) is 4. The van der Waals surface area contributed by atoms with Gasteiger partial charge in [0.1, 0.15) is 12.2 Å². The Labute approximate surface area is 245 Å². The molecule has 0 saturated heterocycles. The Hall–Kier alpha value is -2.83. The van der Waals surface area contributed by atoms with Crippen LogP contribution >= 0.6 is 0 Å². The van der Waals surface area contributed by atoms with Crippen molar-refractivity contribution in [3.63, 3.8) is 0 Å². The van der Waals surface area contributed by atoms with E-state index in [1.54, 1.807) is 0 Å². The van der Waals surface area contributed by atoms with Gasteiger partial charge in [0, 0.05) is 6.08 Å². The molecule has 1 fully saturated rings. The van der Waals surface area contributed by atoms with Crippen molar-refractivity contribution in [1.82, 2.24) is 5.32 Å². The molecule has 1 saturated carbocycles. The molecule has 0 aromatic rings. The Morgan fingerprint density at radius 2 is 1.30 bits per heavy atom. The summed E-state index contributed by atoms with van der Waals surface area (Å²) in [5.41, 5.74) is -9.68. The number of halogens is 10. The second kappa shape index (κ2) is 15.0. The lowest BCUT2D eigenvalue weighted by Crippen LogP contribution is -2.70. The minimum atomic E-state index is -6.78. The van der Waals surface area contributed by atoms with E-state index in [4.69, 9.17) is 9.84 Å². The third kappa shape index (κ3) is 8.88. The average molecular weight is 666 g/mol. The highest BCUT2D eigenvalue weighted by molar-refractivity contribution is 5.82. The maximum atomic E-state index is 15.8. The Kier molecular flexibility index (Phi) is 13.3. The molecule has 1 aliphatic carbocycles. The van der Waals surface area contributed by atoms with E-state index in [-0.39, 0.29) is 38.5 Å².